The van der Waals surface area contributed by atoms with E-state index in [4.69, 9.17) is 9.47 Å². The average Bonchev–Trinajstić information content (AvgIpc) is 2.95. The van der Waals surface area contributed by atoms with Gasteiger partial charge in [0, 0.05) is 24.5 Å². The van der Waals surface area contributed by atoms with Crippen LogP contribution in [0.3, 0.4) is 0 Å². The van der Waals surface area contributed by atoms with E-state index >= 15 is 0 Å². The number of nitrogens with one attached hydrogen (secondary N) is 2. The van der Waals surface area contributed by atoms with Crippen LogP contribution in [0.1, 0.15) is 43.7 Å². The van der Waals surface area contributed by atoms with Gasteiger partial charge in [-0.2, -0.15) is 0 Å². The fourth-order valence-electron chi connectivity index (χ4n) is 4.27. The Bertz CT molecular complexity index is 1000. The van der Waals surface area contributed by atoms with Gasteiger partial charge in [0.25, 0.3) is 0 Å². The second-order valence-corrected chi connectivity index (χ2v) is 9.65. The zero-order chi connectivity index (χ0) is 26.3. The lowest BCUT2D eigenvalue weighted by Gasteiger charge is -2.32. The molecule has 0 bridgehead atoms. The van der Waals surface area contributed by atoms with Gasteiger partial charge in [-0.1, -0.05) is 92.4 Å². The summed E-state index contributed by atoms with van der Waals surface area (Å²) in [4.78, 5) is 0. The third kappa shape index (κ3) is 9.36. The molecule has 3 N–H and O–H groups in total. The summed E-state index contributed by atoms with van der Waals surface area (Å²) < 4.78 is 11.5. The molecule has 0 fully saturated rings. The molecule has 3 aromatic carbocycles. The Morgan fingerprint density at radius 2 is 1.46 bits per heavy atom. The molecule has 198 valence electrons. The highest BCUT2D eigenvalue weighted by Gasteiger charge is 2.23. The van der Waals surface area contributed by atoms with Crippen LogP contribution in [0.5, 0.6) is 11.5 Å². The van der Waals surface area contributed by atoms with Crippen LogP contribution in [0, 0.1) is 0 Å². The van der Waals surface area contributed by atoms with E-state index in [9.17, 15) is 5.11 Å². The number of rotatable bonds is 17. The monoisotopic (exact) mass is 502 g/mol. The standard InChI is InChI=1S/C32H42N2O3/c1-4-22-36-30-18-12-13-19-31(30)37-24-28(35)23-34-32(3,5-2)25-33-21-20-29(26-14-8-6-9-15-26)27-16-10-7-11-17-27/h4,6-19,28-29,33-35H,1,5,20-25H2,2-3H3. The van der Waals surface area contributed by atoms with Crippen LogP contribution in [0.15, 0.2) is 97.6 Å². The summed E-state index contributed by atoms with van der Waals surface area (Å²) in [5.41, 5.74) is 2.54. The predicted molar refractivity (Wildman–Crippen MR) is 153 cm³/mol. The SMILES string of the molecule is C=CCOc1ccccc1OCC(O)CNC(C)(CC)CNCCC(c1ccccc1)c1ccccc1. The third-order valence-electron chi connectivity index (χ3n) is 6.71. The average molecular weight is 503 g/mol. The van der Waals surface area contributed by atoms with Gasteiger partial charge >= 0.3 is 0 Å². The van der Waals surface area contributed by atoms with Crippen molar-refractivity contribution in [3.05, 3.63) is 109 Å². The summed E-state index contributed by atoms with van der Waals surface area (Å²) in [6.07, 6.45) is 3.00. The first-order valence-electron chi connectivity index (χ1n) is 13.2. The largest absolute Gasteiger partial charge is 0.487 e. The summed E-state index contributed by atoms with van der Waals surface area (Å²) in [5.74, 6) is 1.62. The fraction of sp³-hybridized carbons (Fsp3) is 0.375. The van der Waals surface area contributed by atoms with E-state index < -0.39 is 6.10 Å². The summed E-state index contributed by atoms with van der Waals surface area (Å²) in [6, 6.07) is 28.9. The molecule has 5 nitrogen and oxygen atoms in total. The van der Waals surface area contributed by atoms with E-state index in [-0.39, 0.29) is 12.1 Å². The Hall–Kier alpha value is -3.12. The maximum absolute atomic E-state index is 10.6. The van der Waals surface area contributed by atoms with Gasteiger partial charge in [0.15, 0.2) is 11.5 Å². The number of aliphatic hydroxyl groups is 1. The van der Waals surface area contributed by atoms with Crippen molar-refractivity contribution >= 4 is 0 Å². The number of hydrogen-bond donors (Lipinski definition) is 3. The molecule has 0 aliphatic rings. The molecule has 0 heterocycles. The normalized spacial score (nSPS) is 13.6. The third-order valence-corrected chi connectivity index (χ3v) is 6.71. The first-order chi connectivity index (χ1) is 18.0. The second kappa shape index (κ2) is 15.2. The lowest BCUT2D eigenvalue weighted by atomic mass is 9.88. The van der Waals surface area contributed by atoms with Gasteiger partial charge in [-0.3, -0.25) is 0 Å². The Kier molecular flexibility index (Phi) is 11.7. The van der Waals surface area contributed by atoms with Gasteiger partial charge in [0.1, 0.15) is 19.3 Å². The van der Waals surface area contributed by atoms with Crippen molar-refractivity contribution in [2.75, 3.05) is 32.8 Å². The van der Waals surface area contributed by atoms with Crippen molar-refractivity contribution in [2.45, 2.75) is 44.2 Å². The van der Waals surface area contributed by atoms with Crippen molar-refractivity contribution in [1.82, 2.24) is 10.6 Å². The highest BCUT2D eigenvalue weighted by molar-refractivity contribution is 5.39. The Morgan fingerprint density at radius 1 is 0.892 bits per heavy atom. The molecule has 0 saturated carbocycles. The summed E-state index contributed by atoms with van der Waals surface area (Å²) in [5, 5.41) is 17.8. The fourth-order valence-corrected chi connectivity index (χ4v) is 4.27. The summed E-state index contributed by atoms with van der Waals surface area (Å²) >= 11 is 0. The zero-order valence-electron chi connectivity index (χ0n) is 22.2. The van der Waals surface area contributed by atoms with E-state index in [1.165, 1.54) is 11.1 Å². The molecule has 2 atom stereocenters. The van der Waals surface area contributed by atoms with E-state index in [1.807, 2.05) is 24.3 Å². The van der Waals surface area contributed by atoms with Gasteiger partial charge in [0.2, 0.25) is 0 Å². The highest BCUT2D eigenvalue weighted by Crippen LogP contribution is 2.28. The minimum Gasteiger partial charge on any atom is -0.487 e. The molecule has 3 rings (SSSR count). The predicted octanol–water partition coefficient (Wildman–Crippen LogP) is 5.56. The first-order valence-corrected chi connectivity index (χ1v) is 13.2. The molecule has 0 saturated heterocycles. The van der Waals surface area contributed by atoms with Gasteiger partial charge in [-0.15, -0.1) is 0 Å². The van der Waals surface area contributed by atoms with Crippen LogP contribution in [-0.4, -0.2) is 49.6 Å². The van der Waals surface area contributed by atoms with Crippen LogP contribution in [0.4, 0.5) is 0 Å². The maximum atomic E-state index is 10.6. The molecule has 0 aliphatic heterocycles. The second-order valence-electron chi connectivity index (χ2n) is 9.65. The number of para-hydroxylation sites is 2. The summed E-state index contributed by atoms with van der Waals surface area (Å²) in [6.45, 7) is 10.8. The lowest BCUT2D eigenvalue weighted by molar-refractivity contribution is 0.0951. The van der Waals surface area contributed by atoms with Crippen LogP contribution in [0.25, 0.3) is 0 Å². The van der Waals surface area contributed by atoms with Gasteiger partial charge in [-0.05, 0) is 49.6 Å². The minimum absolute atomic E-state index is 0.138. The van der Waals surface area contributed by atoms with Crippen LogP contribution >= 0.6 is 0 Å². The highest BCUT2D eigenvalue weighted by atomic mass is 16.5. The molecule has 2 unspecified atom stereocenters. The Balaban J connectivity index is 1.46. The number of hydrogen-bond acceptors (Lipinski definition) is 5. The molecule has 3 aromatic rings. The van der Waals surface area contributed by atoms with Crippen molar-refractivity contribution in [3.63, 3.8) is 0 Å². The number of aliphatic hydroxyl groups excluding tert-OH is 1. The van der Waals surface area contributed by atoms with Crippen molar-refractivity contribution in [1.29, 1.82) is 0 Å². The molecule has 5 heteroatoms. The van der Waals surface area contributed by atoms with Crippen molar-refractivity contribution in [2.24, 2.45) is 0 Å². The van der Waals surface area contributed by atoms with Crippen molar-refractivity contribution in [3.8, 4) is 11.5 Å². The van der Waals surface area contributed by atoms with Crippen LogP contribution in [0.2, 0.25) is 0 Å². The zero-order valence-corrected chi connectivity index (χ0v) is 22.2. The molecule has 0 aromatic heterocycles. The van der Waals surface area contributed by atoms with Gasteiger partial charge in [-0.25, -0.2) is 0 Å². The maximum Gasteiger partial charge on any atom is 0.161 e. The molecule has 0 aliphatic carbocycles. The molecule has 37 heavy (non-hydrogen) atoms. The quantitative estimate of drug-likeness (QED) is 0.167. The summed E-state index contributed by atoms with van der Waals surface area (Å²) in [7, 11) is 0. The number of benzene rings is 3. The molecule has 0 radical (unpaired) electrons. The Morgan fingerprint density at radius 3 is 2.03 bits per heavy atom. The van der Waals surface area contributed by atoms with E-state index in [1.54, 1.807) is 6.08 Å². The van der Waals surface area contributed by atoms with E-state index in [0.29, 0.717) is 30.6 Å². The number of ether oxygens (including phenoxy) is 2. The van der Waals surface area contributed by atoms with E-state index in [0.717, 1.165) is 25.9 Å². The molecular formula is C32H42N2O3. The van der Waals surface area contributed by atoms with Crippen LogP contribution < -0.4 is 20.1 Å². The molecular weight excluding hydrogens is 460 g/mol. The smallest absolute Gasteiger partial charge is 0.161 e. The Labute approximate surface area is 222 Å². The first kappa shape index (κ1) is 28.5. The minimum atomic E-state index is -0.640. The van der Waals surface area contributed by atoms with E-state index in [2.05, 4.69) is 91.7 Å². The molecule has 0 amide bonds. The van der Waals surface area contributed by atoms with Crippen molar-refractivity contribution < 1.29 is 14.6 Å². The van der Waals surface area contributed by atoms with Crippen LogP contribution in [-0.2, 0) is 0 Å². The lowest BCUT2D eigenvalue weighted by Crippen LogP contribution is -2.52. The number of β-amino-alcohol motifs (C(OH)–C–C–N with tert-alkyl or cyclic N) is 1. The van der Waals surface area contributed by atoms with Gasteiger partial charge in [0.05, 0.1) is 0 Å². The van der Waals surface area contributed by atoms with Gasteiger partial charge < -0.3 is 25.2 Å². The molecule has 0 spiro atoms. The topological polar surface area (TPSA) is 62.8 Å².